The second-order valence-corrected chi connectivity index (χ2v) is 8.71. The summed E-state index contributed by atoms with van der Waals surface area (Å²) in [6.45, 7) is 6.04. The van der Waals surface area contributed by atoms with Gasteiger partial charge in [-0.3, -0.25) is 0 Å². The highest BCUT2D eigenvalue weighted by atomic mass is 16.7. The average Bonchev–Trinajstić information content (AvgIpc) is 3.02. The van der Waals surface area contributed by atoms with Gasteiger partial charge >= 0.3 is 5.97 Å². The maximum absolute atomic E-state index is 11.3. The second kappa shape index (κ2) is 15.9. The van der Waals surface area contributed by atoms with Crippen molar-refractivity contribution < 1.29 is 24.5 Å². The fraction of sp³-hybridized carbons (Fsp3) is 0.875. The van der Waals surface area contributed by atoms with E-state index in [-0.39, 0.29) is 19.0 Å². The summed E-state index contributed by atoms with van der Waals surface area (Å²) in [4.78, 5) is 11.3. The van der Waals surface area contributed by atoms with Crippen LogP contribution in [0, 0.1) is 11.8 Å². The van der Waals surface area contributed by atoms with E-state index >= 15 is 0 Å². The molecule has 1 saturated carbocycles. The predicted molar refractivity (Wildman–Crippen MR) is 117 cm³/mol. The quantitative estimate of drug-likeness (QED) is 0.182. The topological polar surface area (TPSA) is 76.0 Å². The Bertz CT molecular complexity index is 449. The number of carboxylic acid groups (broad SMARTS) is 1. The summed E-state index contributed by atoms with van der Waals surface area (Å²) in [5.41, 5.74) is 0. The second-order valence-electron chi connectivity index (χ2n) is 8.71. The SMILES string of the molecule is CCCCCCC=C[C@H]1CC[C@H](O)[C@@H]1CCCCCC(OCOC(C)C)C(=O)O. The molecule has 0 aliphatic heterocycles. The molecule has 2 N–H and O–H groups in total. The number of aliphatic hydroxyl groups is 1. The molecule has 0 aromatic carbocycles. The number of rotatable bonds is 17. The van der Waals surface area contributed by atoms with Crippen LogP contribution in [0.5, 0.6) is 0 Å². The van der Waals surface area contributed by atoms with Crippen LogP contribution in [0.4, 0.5) is 0 Å². The van der Waals surface area contributed by atoms with Gasteiger partial charge in [0.15, 0.2) is 6.10 Å². The van der Waals surface area contributed by atoms with E-state index in [1.165, 1.54) is 25.7 Å². The Kier molecular flexibility index (Phi) is 14.3. The van der Waals surface area contributed by atoms with Gasteiger partial charge in [0, 0.05) is 0 Å². The lowest BCUT2D eigenvalue weighted by molar-refractivity contribution is -0.165. The minimum atomic E-state index is -0.923. The van der Waals surface area contributed by atoms with Gasteiger partial charge in [0.25, 0.3) is 0 Å². The Labute approximate surface area is 177 Å². The molecule has 0 radical (unpaired) electrons. The van der Waals surface area contributed by atoms with Gasteiger partial charge in [-0.25, -0.2) is 4.79 Å². The Morgan fingerprint density at radius 3 is 2.52 bits per heavy atom. The number of aliphatic carboxylic acids is 1. The molecule has 5 nitrogen and oxygen atoms in total. The number of ether oxygens (including phenoxy) is 2. The molecule has 1 aliphatic carbocycles. The molecule has 0 bridgehead atoms. The lowest BCUT2D eigenvalue weighted by atomic mass is 9.88. The Hall–Kier alpha value is -0.910. The molecule has 1 rings (SSSR count). The highest BCUT2D eigenvalue weighted by molar-refractivity contribution is 5.72. The van der Waals surface area contributed by atoms with Crippen LogP contribution in [0.25, 0.3) is 0 Å². The molecule has 4 atom stereocenters. The Morgan fingerprint density at radius 2 is 1.83 bits per heavy atom. The molecule has 29 heavy (non-hydrogen) atoms. The molecule has 1 fully saturated rings. The summed E-state index contributed by atoms with van der Waals surface area (Å²) in [6.07, 6.45) is 16.3. The molecule has 0 aromatic heterocycles. The minimum absolute atomic E-state index is 0.0232. The lowest BCUT2D eigenvalue weighted by Gasteiger charge is -2.20. The first kappa shape index (κ1) is 26.1. The summed E-state index contributed by atoms with van der Waals surface area (Å²) in [5, 5.41) is 19.6. The standard InChI is InChI=1S/C24H44O5/c1-4-5-6-7-8-10-13-20-16-17-22(25)21(20)14-11-9-12-15-23(24(26)27)29-18-28-19(2)3/h10,13,19-23,25H,4-9,11-12,14-18H2,1-3H3,(H,26,27)/t20-,21+,22-,23?/m0/s1. The molecule has 0 amide bonds. The minimum Gasteiger partial charge on any atom is -0.479 e. The fourth-order valence-corrected chi connectivity index (χ4v) is 4.10. The zero-order valence-corrected chi connectivity index (χ0v) is 18.9. The van der Waals surface area contributed by atoms with Crippen LogP contribution >= 0.6 is 0 Å². The van der Waals surface area contributed by atoms with E-state index in [9.17, 15) is 15.0 Å². The summed E-state index contributed by atoms with van der Waals surface area (Å²) in [6, 6.07) is 0. The van der Waals surface area contributed by atoms with Crippen molar-refractivity contribution in [3.8, 4) is 0 Å². The fourth-order valence-electron chi connectivity index (χ4n) is 4.10. The maximum atomic E-state index is 11.3. The van der Waals surface area contributed by atoms with E-state index in [4.69, 9.17) is 9.47 Å². The van der Waals surface area contributed by atoms with Crippen LogP contribution in [0.2, 0.25) is 0 Å². The number of carboxylic acids is 1. The zero-order valence-electron chi connectivity index (χ0n) is 18.9. The first-order chi connectivity index (χ1) is 14.0. The summed E-state index contributed by atoms with van der Waals surface area (Å²) in [7, 11) is 0. The molecule has 0 heterocycles. The number of hydrogen-bond acceptors (Lipinski definition) is 4. The molecule has 1 aliphatic rings. The molecule has 0 saturated heterocycles. The van der Waals surface area contributed by atoms with Crippen molar-refractivity contribution in [2.75, 3.05) is 6.79 Å². The van der Waals surface area contributed by atoms with Crippen molar-refractivity contribution in [3.63, 3.8) is 0 Å². The smallest absolute Gasteiger partial charge is 0.332 e. The van der Waals surface area contributed by atoms with Crippen LogP contribution in [-0.4, -0.2) is 41.3 Å². The monoisotopic (exact) mass is 412 g/mol. The molecule has 170 valence electrons. The zero-order chi connectivity index (χ0) is 21.5. The van der Waals surface area contributed by atoms with E-state index in [1.807, 2.05) is 13.8 Å². The van der Waals surface area contributed by atoms with Gasteiger partial charge in [0.2, 0.25) is 0 Å². The number of hydrogen-bond donors (Lipinski definition) is 2. The van der Waals surface area contributed by atoms with E-state index in [1.54, 1.807) is 0 Å². The summed E-state index contributed by atoms with van der Waals surface area (Å²) >= 11 is 0. The van der Waals surface area contributed by atoms with Gasteiger partial charge in [-0.05, 0) is 64.2 Å². The van der Waals surface area contributed by atoms with E-state index in [2.05, 4.69) is 19.1 Å². The van der Waals surface area contributed by atoms with Gasteiger partial charge in [-0.15, -0.1) is 0 Å². The van der Waals surface area contributed by atoms with Gasteiger partial charge in [0.1, 0.15) is 6.79 Å². The highest BCUT2D eigenvalue weighted by Crippen LogP contribution is 2.37. The predicted octanol–water partition coefficient (Wildman–Crippen LogP) is 5.70. The van der Waals surface area contributed by atoms with Crippen molar-refractivity contribution >= 4 is 5.97 Å². The summed E-state index contributed by atoms with van der Waals surface area (Å²) < 4.78 is 10.6. The van der Waals surface area contributed by atoms with Crippen LogP contribution in [0.15, 0.2) is 12.2 Å². The lowest BCUT2D eigenvalue weighted by Crippen LogP contribution is -2.25. The Balaban J connectivity index is 2.24. The van der Waals surface area contributed by atoms with E-state index in [0.29, 0.717) is 18.3 Å². The highest BCUT2D eigenvalue weighted by Gasteiger charge is 2.32. The van der Waals surface area contributed by atoms with E-state index < -0.39 is 12.1 Å². The number of allylic oxidation sites excluding steroid dienone is 2. The molecule has 5 heteroatoms. The first-order valence-electron chi connectivity index (χ1n) is 11.8. The van der Waals surface area contributed by atoms with Gasteiger partial charge in [-0.2, -0.15) is 0 Å². The van der Waals surface area contributed by atoms with E-state index in [0.717, 1.165) is 44.9 Å². The number of aliphatic hydroxyl groups excluding tert-OH is 1. The normalized spacial score (nSPS) is 23.3. The van der Waals surface area contributed by atoms with Crippen molar-refractivity contribution in [3.05, 3.63) is 12.2 Å². The molecule has 0 spiro atoms. The van der Waals surface area contributed by atoms with Crippen LogP contribution in [0.1, 0.15) is 97.8 Å². The first-order valence-corrected chi connectivity index (χ1v) is 11.8. The van der Waals surface area contributed by atoms with Crippen molar-refractivity contribution in [2.45, 2.75) is 116 Å². The van der Waals surface area contributed by atoms with Crippen molar-refractivity contribution in [1.82, 2.24) is 0 Å². The van der Waals surface area contributed by atoms with Gasteiger partial charge in [-0.1, -0.05) is 57.6 Å². The third kappa shape index (κ3) is 11.8. The molecule has 1 unspecified atom stereocenters. The largest absolute Gasteiger partial charge is 0.479 e. The maximum Gasteiger partial charge on any atom is 0.332 e. The van der Waals surface area contributed by atoms with Gasteiger partial charge < -0.3 is 19.7 Å². The molecular formula is C24H44O5. The summed E-state index contributed by atoms with van der Waals surface area (Å²) in [5.74, 6) is -0.0694. The molecular weight excluding hydrogens is 368 g/mol. The molecule has 0 aromatic rings. The van der Waals surface area contributed by atoms with Crippen molar-refractivity contribution in [2.24, 2.45) is 11.8 Å². The number of unbranched alkanes of at least 4 members (excludes halogenated alkanes) is 6. The third-order valence-corrected chi connectivity index (χ3v) is 5.90. The average molecular weight is 413 g/mol. The van der Waals surface area contributed by atoms with Crippen LogP contribution in [0.3, 0.4) is 0 Å². The van der Waals surface area contributed by atoms with Crippen molar-refractivity contribution in [1.29, 1.82) is 0 Å². The Morgan fingerprint density at radius 1 is 1.07 bits per heavy atom. The van der Waals surface area contributed by atoms with Crippen LogP contribution < -0.4 is 0 Å². The number of carbonyl (C=O) groups is 1. The van der Waals surface area contributed by atoms with Crippen LogP contribution in [-0.2, 0) is 14.3 Å². The third-order valence-electron chi connectivity index (χ3n) is 5.90. The van der Waals surface area contributed by atoms with Gasteiger partial charge in [0.05, 0.1) is 12.2 Å².